The van der Waals surface area contributed by atoms with Gasteiger partial charge in [0.15, 0.2) is 0 Å². The minimum Gasteiger partial charge on any atom is -0.164 e. The van der Waals surface area contributed by atoms with E-state index in [2.05, 4.69) is 152 Å². The summed E-state index contributed by atoms with van der Waals surface area (Å²) in [6.07, 6.45) is 17.2. The number of hydrogen-bond acceptors (Lipinski definition) is 0. The standard InChI is InChI=1S/2C27H25.2CH3.2ClH.Si.Zr/c2*1-2-5-22-16-24(9-8-21(22)4-1)25-7-3-6-23-14-20(15-26(23)25)18-27-12-10-19(17-27)11-13-27;;;;;;/h2*1-9,14-16,19H,10-13,17-18H2;2*1H3;2*1H;;/q4*-1;;;;. The van der Waals surface area contributed by atoms with E-state index in [-0.39, 0.29) is 39.7 Å². The molecular weight excluding hydrogens is 863 g/mol. The first kappa shape index (κ1) is 46.2. The van der Waals surface area contributed by atoms with Crippen LogP contribution in [0.4, 0.5) is 0 Å². The molecule has 12 rings (SSSR count). The Morgan fingerprint density at radius 1 is 0.467 bits per heavy atom. The maximum atomic E-state index is 3.06. The van der Waals surface area contributed by atoms with Crippen LogP contribution in [0.25, 0.3) is 65.3 Å². The Hall–Kier alpha value is -3.26. The molecule has 0 spiro atoms. The van der Waals surface area contributed by atoms with Gasteiger partial charge in [0.1, 0.15) is 0 Å². The van der Waals surface area contributed by atoms with E-state index in [1.54, 1.807) is 11.1 Å². The number of fused-ring (bicyclic) bond motifs is 8. The first-order valence-electron chi connectivity index (χ1n) is 21.2. The molecule has 308 valence electrons. The second-order valence-corrected chi connectivity index (χ2v) is 18.1. The average Bonchev–Trinajstić information content (AvgIpc) is 4.12. The van der Waals surface area contributed by atoms with Crippen LogP contribution in [0, 0.1) is 37.5 Å². The smallest absolute Gasteiger partial charge is 0.0178 e. The average molecular weight is 921 g/mol. The third kappa shape index (κ3) is 8.97. The van der Waals surface area contributed by atoms with Gasteiger partial charge in [-0.3, -0.25) is 0 Å². The van der Waals surface area contributed by atoms with Crippen LogP contribution in [0.3, 0.4) is 0 Å². The van der Waals surface area contributed by atoms with Gasteiger partial charge in [0.25, 0.3) is 0 Å². The van der Waals surface area contributed by atoms with Gasteiger partial charge in [0.2, 0.25) is 0 Å². The molecule has 4 aliphatic rings. The van der Waals surface area contributed by atoms with Gasteiger partial charge in [-0.1, -0.05) is 96.1 Å². The molecule has 0 N–H and O–H groups in total. The Kier molecular flexibility index (Phi) is 15.0. The quantitative estimate of drug-likeness (QED) is 0.115. The van der Waals surface area contributed by atoms with E-state index in [0.29, 0.717) is 10.8 Å². The van der Waals surface area contributed by atoms with Crippen molar-refractivity contribution >= 4 is 74.8 Å². The number of benzene rings is 6. The molecule has 8 aromatic rings. The largest absolute Gasteiger partial charge is 0.164 e. The molecule has 0 atom stereocenters. The molecule has 4 saturated carbocycles. The fraction of sp³-hybridized carbons (Fsp3) is 0.286. The second kappa shape index (κ2) is 19.4. The summed E-state index contributed by atoms with van der Waals surface area (Å²) in [5, 5.41) is 10.9. The minimum atomic E-state index is 0. The molecule has 4 fully saturated rings. The topological polar surface area (TPSA) is 0 Å². The van der Waals surface area contributed by atoms with E-state index in [0.717, 1.165) is 11.8 Å². The summed E-state index contributed by atoms with van der Waals surface area (Å²) < 4.78 is 0. The fourth-order valence-electron chi connectivity index (χ4n) is 12.0. The van der Waals surface area contributed by atoms with Crippen molar-refractivity contribution in [3.63, 3.8) is 0 Å². The Bertz CT molecular complexity index is 2500. The van der Waals surface area contributed by atoms with E-state index in [4.69, 9.17) is 0 Å². The fourth-order valence-corrected chi connectivity index (χ4v) is 12.0. The van der Waals surface area contributed by atoms with Crippen molar-refractivity contribution in [3.8, 4) is 22.3 Å². The molecule has 0 aromatic heterocycles. The van der Waals surface area contributed by atoms with Crippen LogP contribution >= 0.6 is 24.8 Å². The maximum absolute atomic E-state index is 3.06. The normalized spacial score (nSPS) is 21.9. The van der Waals surface area contributed by atoms with Crippen molar-refractivity contribution in [1.29, 1.82) is 0 Å². The summed E-state index contributed by atoms with van der Waals surface area (Å²) in [6, 6.07) is 54.5. The minimum absolute atomic E-state index is 0. The van der Waals surface area contributed by atoms with Crippen LogP contribution in [-0.4, -0.2) is 6.88 Å². The summed E-state index contributed by atoms with van der Waals surface area (Å²) in [7, 11) is 0. The van der Waals surface area contributed by atoms with Gasteiger partial charge in [-0.25, -0.2) is 0 Å². The molecule has 4 heteroatoms. The third-order valence-electron chi connectivity index (χ3n) is 14.7. The Morgan fingerprint density at radius 2 is 0.850 bits per heavy atom. The molecule has 0 unspecified atom stereocenters. The van der Waals surface area contributed by atoms with Gasteiger partial charge >= 0.3 is 30.2 Å². The summed E-state index contributed by atoms with van der Waals surface area (Å²) in [4.78, 5) is 0. The predicted octanol–water partition coefficient (Wildman–Crippen LogP) is 16.4. The summed E-state index contributed by atoms with van der Waals surface area (Å²) in [5.41, 5.74) is 9.76. The van der Waals surface area contributed by atoms with E-state index in [1.165, 1.54) is 166 Å². The monoisotopic (exact) mass is 918 g/mol. The van der Waals surface area contributed by atoms with Crippen LogP contribution in [-0.2, 0) is 36.2 Å². The maximum Gasteiger partial charge on any atom is -0.0178 e. The van der Waals surface area contributed by atoms with Gasteiger partial charge < -0.3 is 14.9 Å². The summed E-state index contributed by atoms with van der Waals surface area (Å²) in [5.74, 6) is 2.06. The number of rotatable bonds is 6. The third-order valence-corrected chi connectivity index (χ3v) is 14.7. The van der Waals surface area contributed by atoms with Gasteiger partial charge in [-0.05, 0) is 145 Å². The van der Waals surface area contributed by atoms with Crippen molar-refractivity contribution in [3.05, 3.63) is 172 Å². The van der Waals surface area contributed by atoms with E-state index in [9.17, 15) is 0 Å². The molecule has 0 heterocycles. The first-order valence-corrected chi connectivity index (χ1v) is 25.4. The molecule has 0 saturated heterocycles. The van der Waals surface area contributed by atoms with Crippen molar-refractivity contribution in [2.45, 2.75) is 77.0 Å². The molecule has 4 bridgehead atoms. The molecule has 0 nitrogen and oxygen atoms in total. The van der Waals surface area contributed by atoms with Crippen molar-refractivity contribution < 1.29 is 23.3 Å². The van der Waals surface area contributed by atoms with E-state index < -0.39 is 0 Å². The van der Waals surface area contributed by atoms with Crippen LogP contribution in [0.5, 0.6) is 0 Å². The molecule has 60 heavy (non-hydrogen) atoms. The second-order valence-electron chi connectivity index (χ2n) is 18.1. The van der Waals surface area contributed by atoms with Gasteiger partial charge in [-0.15, -0.1) is 93.9 Å². The van der Waals surface area contributed by atoms with Gasteiger partial charge in [-0.2, -0.15) is 12.1 Å². The van der Waals surface area contributed by atoms with Crippen molar-refractivity contribution in [1.82, 2.24) is 0 Å². The number of hydrogen-bond donors (Lipinski definition) is 0. The molecule has 0 amide bonds. The first-order chi connectivity index (χ1) is 27.6. The van der Waals surface area contributed by atoms with Gasteiger partial charge in [0, 0.05) is 0 Å². The van der Waals surface area contributed by atoms with E-state index in [1.807, 2.05) is 0 Å². The van der Waals surface area contributed by atoms with E-state index >= 15 is 0 Å². The molecular formula is C56H58Cl2SiZr-4. The summed E-state index contributed by atoms with van der Waals surface area (Å²) >= 11 is 1.36. The van der Waals surface area contributed by atoms with Crippen LogP contribution in [0.1, 0.15) is 75.3 Å². The predicted molar refractivity (Wildman–Crippen MR) is 263 cm³/mol. The van der Waals surface area contributed by atoms with Crippen LogP contribution in [0.15, 0.2) is 146 Å². The Labute approximate surface area is 388 Å². The zero-order valence-electron chi connectivity index (χ0n) is 35.3. The van der Waals surface area contributed by atoms with Gasteiger partial charge in [0.05, 0.1) is 0 Å². The number of halogens is 2. The Balaban J connectivity index is 0.000000182. The van der Waals surface area contributed by atoms with Crippen molar-refractivity contribution in [2.24, 2.45) is 22.7 Å². The Morgan fingerprint density at radius 3 is 1.22 bits per heavy atom. The van der Waals surface area contributed by atoms with Crippen molar-refractivity contribution in [2.75, 3.05) is 0 Å². The molecule has 0 aliphatic heterocycles. The molecule has 4 aliphatic carbocycles. The molecule has 8 aromatic carbocycles. The van der Waals surface area contributed by atoms with Crippen LogP contribution < -0.4 is 0 Å². The summed E-state index contributed by atoms with van der Waals surface area (Å²) in [6.45, 7) is 3.06. The van der Waals surface area contributed by atoms with Crippen LogP contribution in [0.2, 0.25) is 0 Å². The zero-order valence-corrected chi connectivity index (χ0v) is 40.4. The zero-order chi connectivity index (χ0) is 37.7. The SMILES string of the molecule is Cl.Cl.[CH3-].[CH3-].[Si]=[Zr].c1ccc2cc(-c3cccc4[cH-]c(CC56CCC(CC5)C6)cc34)ccc2c1.c1ccc2cc(-c3cccc4[cH-]c(CC56CCC(CC5)C6)cc34)ccc2c1. The molecule has 2 radical (unpaired) electrons.